The zero-order chi connectivity index (χ0) is 15.6. The van der Waals surface area contributed by atoms with E-state index in [4.69, 9.17) is 9.57 Å². The molecule has 0 saturated carbocycles. The zero-order valence-electron chi connectivity index (χ0n) is 12.1. The molecule has 0 bridgehead atoms. The molecule has 3 rings (SSSR count). The van der Waals surface area contributed by atoms with Gasteiger partial charge >= 0.3 is 5.97 Å². The van der Waals surface area contributed by atoms with E-state index in [1.807, 2.05) is 0 Å². The smallest absolute Gasteiger partial charge is 0.309 e. The van der Waals surface area contributed by atoms with Crippen LogP contribution in [0.1, 0.15) is 31.2 Å². The monoisotopic (exact) mass is 307 g/mol. The minimum Gasteiger partial charge on any atom is -0.481 e. The molecule has 0 amide bonds. The molecule has 6 heteroatoms. The first-order valence-electron chi connectivity index (χ1n) is 7.39. The van der Waals surface area contributed by atoms with Crippen molar-refractivity contribution in [2.75, 3.05) is 13.2 Å². The van der Waals surface area contributed by atoms with Crippen molar-refractivity contribution in [3.05, 3.63) is 35.6 Å². The molecule has 1 N–H and O–H groups in total. The average Bonchev–Trinajstić information content (AvgIpc) is 2.97. The lowest BCUT2D eigenvalue weighted by Crippen LogP contribution is -2.40. The molecule has 1 saturated heterocycles. The van der Waals surface area contributed by atoms with Crippen LogP contribution in [0, 0.1) is 11.2 Å². The van der Waals surface area contributed by atoms with Gasteiger partial charge < -0.3 is 14.7 Å². The summed E-state index contributed by atoms with van der Waals surface area (Å²) in [6.07, 6.45) is 1.69. The number of hydrogen-bond acceptors (Lipinski definition) is 4. The van der Waals surface area contributed by atoms with Crippen molar-refractivity contribution in [3.63, 3.8) is 0 Å². The fraction of sp³-hybridized carbons (Fsp3) is 0.500. The Hall–Kier alpha value is -1.95. The lowest BCUT2D eigenvalue weighted by molar-refractivity contribution is -0.158. The van der Waals surface area contributed by atoms with Gasteiger partial charge in [-0.1, -0.05) is 17.3 Å². The third-order valence-electron chi connectivity index (χ3n) is 4.43. The van der Waals surface area contributed by atoms with Gasteiger partial charge in [0.25, 0.3) is 0 Å². The van der Waals surface area contributed by atoms with E-state index in [0.29, 0.717) is 38.9 Å². The summed E-state index contributed by atoms with van der Waals surface area (Å²) >= 11 is 0. The first-order chi connectivity index (χ1) is 10.6. The summed E-state index contributed by atoms with van der Waals surface area (Å²) in [4.78, 5) is 17.1. The van der Waals surface area contributed by atoms with E-state index in [9.17, 15) is 14.3 Å². The van der Waals surface area contributed by atoms with Crippen molar-refractivity contribution in [3.8, 4) is 0 Å². The SMILES string of the molecule is O=C(O)C1(CC2CC(c3ccc(F)cc3)=NO2)CCOCC1. The third kappa shape index (κ3) is 2.97. The number of halogens is 1. The third-order valence-corrected chi connectivity index (χ3v) is 4.43. The number of nitrogens with zero attached hydrogens (tertiary/aromatic N) is 1. The van der Waals surface area contributed by atoms with Gasteiger partial charge in [0.15, 0.2) is 0 Å². The quantitative estimate of drug-likeness (QED) is 0.928. The van der Waals surface area contributed by atoms with Crippen molar-refractivity contribution in [2.24, 2.45) is 10.6 Å². The van der Waals surface area contributed by atoms with Crippen LogP contribution in [0.15, 0.2) is 29.4 Å². The number of rotatable bonds is 4. The second-order valence-corrected chi connectivity index (χ2v) is 5.88. The van der Waals surface area contributed by atoms with Crippen molar-refractivity contribution >= 4 is 11.7 Å². The highest BCUT2D eigenvalue weighted by atomic mass is 19.1. The number of carbonyl (C=O) groups is 1. The molecular weight excluding hydrogens is 289 g/mol. The molecule has 0 radical (unpaired) electrons. The lowest BCUT2D eigenvalue weighted by Gasteiger charge is -2.34. The van der Waals surface area contributed by atoms with E-state index in [0.717, 1.165) is 11.3 Å². The Morgan fingerprint density at radius 3 is 2.64 bits per heavy atom. The summed E-state index contributed by atoms with van der Waals surface area (Å²) < 4.78 is 18.2. The predicted octanol–water partition coefficient (Wildman–Crippen LogP) is 2.59. The summed E-state index contributed by atoms with van der Waals surface area (Å²) in [6, 6.07) is 6.06. The molecule has 2 aliphatic rings. The van der Waals surface area contributed by atoms with Gasteiger partial charge in [0.05, 0.1) is 11.1 Å². The van der Waals surface area contributed by atoms with Crippen LogP contribution in [0.25, 0.3) is 0 Å². The molecule has 0 spiro atoms. The van der Waals surface area contributed by atoms with Gasteiger partial charge in [0.2, 0.25) is 0 Å². The Balaban J connectivity index is 1.66. The van der Waals surface area contributed by atoms with Crippen molar-refractivity contribution in [2.45, 2.75) is 31.8 Å². The van der Waals surface area contributed by atoms with Crippen molar-refractivity contribution in [1.29, 1.82) is 0 Å². The molecule has 0 aliphatic carbocycles. The van der Waals surface area contributed by atoms with Gasteiger partial charge in [0, 0.05) is 26.1 Å². The molecule has 22 heavy (non-hydrogen) atoms. The molecule has 1 aromatic carbocycles. The van der Waals surface area contributed by atoms with Crippen molar-refractivity contribution < 1.29 is 23.9 Å². The van der Waals surface area contributed by atoms with Crippen molar-refractivity contribution in [1.82, 2.24) is 0 Å². The Morgan fingerprint density at radius 2 is 2.00 bits per heavy atom. The average molecular weight is 307 g/mol. The van der Waals surface area contributed by atoms with E-state index in [2.05, 4.69) is 5.16 Å². The van der Waals surface area contributed by atoms with Gasteiger partial charge in [0.1, 0.15) is 11.9 Å². The highest BCUT2D eigenvalue weighted by molar-refractivity contribution is 6.01. The van der Waals surface area contributed by atoms with Gasteiger partial charge in [-0.15, -0.1) is 0 Å². The highest BCUT2D eigenvalue weighted by Crippen LogP contribution is 2.38. The van der Waals surface area contributed by atoms with Crippen LogP contribution in [0.4, 0.5) is 4.39 Å². The van der Waals surface area contributed by atoms with E-state index in [1.165, 1.54) is 12.1 Å². The summed E-state index contributed by atoms with van der Waals surface area (Å²) in [7, 11) is 0. The summed E-state index contributed by atoms with van der Waals surface area (Å²) in [6.45, 7) is 0.926. The van der Waals surface area contributed by atoms with Crippen LogP contribution in [0.3, 0.4) is 0 Å². The fourth-order valence-electron chi connectivity index (χ4n) is 3.05. The number of oxime groups is 1. The minimum atomic E-state index is -0.797. The highest BCUT2D eigenvalue weighted by Gasteiger charge is 2.43. The molecule has 0 aromatic heterocycles. The minimum absolute atomic E-state index is 0.255. The number of benzene rings is 1. The summed E-state index contributed by atoms with van der Waals surface area (Å²) in [5, 5.41) is 13.6. The van der Waals surface area contributed by atoms with E-state index in [1.54, 1.807) is 12.1 Å². The van der Waals surface area contributed by atoms with Crippen LogP contribution in [-0.4, -0.2) is 36.1 Å². The summed E-state index contributed by atoms with van der Waals surface area (Å²) in [5.41, 5.74) is 0.745. The normalized spacial score (nSPS) is 23.7. The molecule has 1 unspecified atom stereocenters. The molecule has 1 atom stereocenters. The van der Waals surface area contributed by atoms with Crippen LogP contribution in [-0.2, 0) is 14.4 Å². The molecular formula is C16H18FNO4. The second-order valence-electron chi connectivity index (χ2n) is 5.88. The number of ether oxygens (including phenoxy) is 1. The Kier molecular flexibility index (Phi) is 4.11. The topological polar surface area (TPSA) is 68.1 Å². The maximum Gasteiger partial charge on any atom is 0.309 e. The molecule has 118 valence electrons. The largest absolute Gasteiger partial charge is 0.481 e. The van der Waals surface area contributed by atoms with Crippen LogP contribution in [0.5, 0.6) is 0 Å². The van der Waals surface area contributed by atoms with Crippen LogP contribution >= 0.6 is 0 Å². The van der Waals surface area contributed by atoms with Crippen LogP contribution < -0.4 is 0 Å². The number of hydrogen-bond donors (Lipinski definition) is 1. The lowest BCUT2D eigenvalue weighted by atomic mass is 9.75. The second kappa shape index (κ2) is 6.04. The molecule has 2 aliphatic heterocycles. The fourth-order valence-corrected chi connectivity index (χ4v) is 3.05. The molecule has 1 aromatic rings. The Morgan fingerprint density at radius 1 is 1.32 bits per heavy atom. The van der Waals surface area contributed by atoms with Gasteiger partial charge in [-0.05, 0) is 30.5 Å². The first-order valence-corrected chi connectivity index (χ1v) is 7.39. The van der Waals surface area contributed by atoms with Gasteiger partial charge in [-0.3, -0.25) is 4.79 Å². The van der Waals surface area contributed by atoms with E-state index < -0.39 is 11.4 Å². The number of carboxylic acid groups (broad SMARTS) is 1. The summed E-state index contributed by atoms with van der Waals surface area (Å²) in [5.74, 6) is -1.10. The Bertz CT molecular complexity index is 578. The van der Waals surface area contributed by atoms with Gasteiger partial charge in [-0.25, -0.2) is 4.39 Å². The zero-order valence-corrected chi connectivity index (χ0v) is 12.1. The molecule has 5 nitrogen and oxygen atoms in total. The van der Waals surface area contributed by atoms with E-state index in [-0.39, 0.29) is 11.9 Å². The molecule has 1 fully saturated rings. The van der Waals surface area contributed by atoms with E-state index >= 15 is 0 Å². The standard InChI is InChI=1S/C16H18FNO4/c17-12-3-1-11(2-4-12)14-9-13(22-18-14)10-16(15(19)20)5-7-21-8-6-16/h1-4,13H,5-10H2,(H,19,20). The first kappa shape index (κ1) is 15.0. The van der Waals surface area contributed by atoms with Crippen LogP contribution in [0.2, 0.25) is 0 Å². The number of aliphatic carboxylic acids is 1. The number of carboxylic acids is 1. The maximum atomic E-state index is 13.0. The van der Waals surface area contributed by atoms with Gasteiger partial charge in [-0.2, -0.15) is 0 Å². The predicted molar refractivity (Wildman–Crippen MR) is 77.2 cm³/mol. The Labute approximate surface area is 127 Å². The molecule has 2 heterocycles. The maximum absolute atomic E-state index is 13.0.